The van der Waals surface area contributed by atoms with E-state index >= 15 is 0 Å². The summed E-state index contributed by atoms with van der Waals surface area (Å²) in [7, 11) is -3.58. The standard InChI is InChI=1S/C14H21NO3S.ClH/c1-5-6-19(17,18)12-8-11(14(2,3)4)7-10(9-15)13(12)16;/h5,7-8,16H,1,6,9,15H2,2-4H3;1H. The number of aromatic hydroxyl groups is 1. The molecule has 0 bridgehead atoms. The van der Waals surface area contributed by atoms with Gasteiger partial charge in [0.15, 0.2) is 9.84 Å². The zero-order valence-corrected chi connectivity index (χ0v) is 13.6. The van der Waals surface area contributed by atoms with Crippen molar-refractivity contribution >= 4 is 22.2 Å². The molecule has 0 aliphatic heterocycles. The summed E-state index contributed by atoms with van der Waals surface area (Å²) in [6.45, 7) is 9.45. The maximum Gasteiger partial charge on any atom is 0.185 e. The molecule has 6 heteroatoms. The molecule has 0 fully saturated rings. The number of phenolic OH excluding ortho intramolecular Hbond substituents is 1. The first-order valence-electron chi connectivity index (χ1n) is 6.03. The van der Waals surface area contributed by atoms with Crippen molar-refractivity contribution in [2.75, 3.05) is 5.75 Å². The minimum Gasteiger partial charge on any atom is -0.506 e. The Labute approximate surface area is 127 Å². The molecule has 4 nitrogen and oxygen atoms in total. The van der Waals surface area contributed by atoms with Crippen molar-refractivity contribution in [3.05, 3.63) is 35.9 Å². The fourth-order valence-electron chi connectivity index (χ4n) is 1.74. The molecule has 3 N–H and O–H groups in total. The number of hydrogen-bond donors (Lipinski definition) is 2. The Kier molecular flexibility index (Phi) is 6.26. The van der Waals surface area contributed by atoms with E-state index in [4.69, 9.17) is 5.73 Å². The summed E-state index contributed by atoms with van der Waals surface area (Å²) in [5.41, 5.74) is 6.61. The van der Waals surface area contributed by atoms with Crippen LogP contribution in [-0.2, 0) is 21.8 Å². The third-order valence-electron chi connectivity index (χ3n) is 2.91. The Hall–Kier alpha value is -1.04. The third-order valence-corrected chi connectivity index (χ3v) is 4.57. The molecule has 0 saturated heterocycles. The van der Waals surface area contributed by atoms with Crippen molar-refractivity contribution in [1.82, 2.24) is 0 Å². The van der Waals surface area contributed by atoms with Crippen LogP contribution in [0.1, 0.15) is 31.9 Å². The van der Waals surface area contributed by atoms with Crippen molar-refractivity contribution in [2.24, 2.45) is 5.73 Å². The Morgan fingerprint density at radius 3 is 2.30 bits per heavy atom. The number of halogens is 1. The van der Waals surface area contributed by atoms with Gasteiger partial charge in [-0.2, -0.15) is 0 Å². The predicted molar refractivity (Wildman–Crippen MR) is 84.2 cm³/mol. The van der Waals surface area contributed by atoms with Crippen molar-refractivity contribution in [3.63, 3.8) is 0 Å². The summed E-state index contributed by atoms with van der Waals surface area (Å²) in [5.74, 6) is -0.463. The molecule has 1 aromatic rings. The fourth-order valence-corrected chi connectivity index (χ4v) is 2.96. The molecule has 0 amide bonds. The summed E-state index contributed by atoms with van der Waals surface area (Å²) in [6, 6.07) is 3.27. The Balaban J connectivity index is 0.00000361. The first kappa shape index (κ1) is 19.0. The van der Waals surface area contributed by atoms with Gasteiger partial charge in [-0.3, -0.25) is 0 Å². The number of hydrogen-bond acceptors (Lipinski definition) is 4. The molecule has 0 atom stereocenters. The summed E-state index contributed by atoms with van der Waals surface area (Å²) in [6.07, 6.45) is 1.31. The van der Waals surface area contributed by atoms with Gasteiger partial charge in [0.1, 0.15) is 10.6 Å². The monoisotopic (exact) mass is 319 g/mol. The van der Waals surface area contributed by atoms with Crippen LogP contribution in [-0.4, -0.2) is 19.3 Å². The number of benzene rings is 1. The summed E-state index contributed by atoms with van der Waals surface area (Å²) < 4.78 is 24.3. The van der Waals surface area contributed by atoms with Gasteiger partial charge in [0, 0.05) is 12.1 Å². The van der Waals surface area contributed by atoms with Gasteiger partial charge in [0.2, 0.25) is 0 Å². The van der Waals surface area contributed by atoms with E-state index in [1.165, 1.54) is 12.1 Å². The van der Waals surface area contributed by atoms with Crippen LogP contribution < -0.4 is 5.73 Å². The van der Waals surface area contributed by atoms with Gasteiger partial charge in [-0.25, -0.2) is 8.42 Å². The Morgan fingerprint density at radius 2 is 1.90 bits per heavy atom. The highest BCUT2D eigenvalue weighted by atomic mass is 35.5. The van der Waals surface area contributed by atoms with Crippen LogP contribution in [0.4, 0.5) is 0 Å². The third kappa shape index (κ3) is 3.98. The summed E-state index contributed by atoms with van der Waals surface area (Å²) in [4.78, 5) is -0.0692. The molecule has 0 aliphatic carbocycles. The van der Waals surface area contributed by atoms with Gasteiger partial charge in [-0.05, 0) is 17.0 Å². The second-order valence-electron chi connectivity index (χ2n) is 5.51. The molecule has 1 rings (SSSR count). The van der Waals surface area contributed by atoms with Gasteiger partial charge in [-0.1, -0.05) is 32.9 Å². The zero-order valence-electron chi connectivity index (χ0n) is 12.0. The topological polar surface area (TPSA) is 80.4 Å². The van der Waals surface area contributed by atoms with Crippen LogP contribution in [0.15, 0.2) is 29.7 Å². The average Bonchev–Trinajstić information content (AvgIpc) is 2.27. The van der Waals surface area contributed by atoms with E-state index in [1.807, 2.05) is 20.8 Å². The van der Waals surface area contributed by atoms with Gasteiger partial charge in [0.25, 0.3) is 0 Å². The minimum absolute atomic E-state index is 0. The molecule has 20 heavy (non-hydrogen) atoms. The molecule has 114 valence electrons. The molecule has 0 radical (unpaired) electrons. The molecule has 0 aliphatic rings. The quantitative estimate of drug-likeness (QED) is 0.836. The first-order valence-corrected chi connectivity index (χ1v) is 7.69. The highest BCUT2D eigenvalue weighted by Crippen LogP contribution is 2.34. The number of nitrogens with two attached hydrogens (primary N) is 1. The highest BCUT2D eigenvalue weighted by Gasteiger charge is 2.24. The van der Waals surface area contributed by atoms with Crippen molar-refractivity contribution in [3.8, 4) is 5.75 Å². The molecule has 0 unspecified atom stereocenters. The van der Waals surface area contributed by atoms with Crippen molar-refractivity contribution in [2.45, 2.75) is 37.6 Å². The van der Waals surface area contributed by atoms with Crippen LogP contribution in [0.5, 0.6) is 5.75 Å². The SMILES string of the molecule is C=CCS(=O)(=O)c1cc(C(C)(C)C)cc(CN)c1O.Cl. The van der Waals surface area contributed by atoms with E-state index in [-0.39, 0.29) is 40.8 Å². The van der Waals surface area contributed by atoms with Crippen LogP contribution in [0.25, 0.3) is 0 Å². The minimum atomic E-state index is -3.58. The fraction of sp³-hybridized carbons (Fsp3) is 0.429. The lowest BCUT2D eigenvalue weighted by Crippen LogP contribution is -2.15. The average molecular weight is 320 g/mol. The molecule has 1 aromatic carbocycles. The van der Waals surface area contributed by atoms with E-state index in [9.17, 15) is 13.5 Å². The van der Waals surface area contributed by atoms with E-state index in [0.717, 1.165) is 5.56 Å². The van der Waals surface area contributed by atoms with Gasteiger partial charge in [0.05, 0.1) is 5.75 Å². The second kappa shape index (κ2) is 6.61. The van der Waals surface area contributed by atoms with E-state index in [0.29, 0.717) is 5.56 Å². The second-order valence-corrected chi connectivity index (χ2v) is 7.51. The lowest BCUT2D eigenvalue weighted by Gasteiger charge is -2.22. The van der Waals surface area contributed by atoms with E-state index in [1.54, 1.807) is 6.07 Å². The Bertz CT molecular complexity index is 589. The van der Waals surface area contributed by atoms with Crippen LogP contribution in [0, 0.1) is 0 Å². The van der Waals surface area contributed by atoms with Crippen molar-refractivity contribution in [1.29, 1.82) is 0 Å². The summed E-state index contributed by atoms with van der Waals surface area (Å²) in [5, 5.41) is 10.0. The number of rotatable bonds is 4. The highest BCUT2D eigenvalue weighted by molar-refractivity contribution is 7.91. The normalized spacial score (nSPS) is 11.8. The van der Waals surface area contributed by atoms with Crippen LogP contribution in [0.3, 0.4) is 0 Å². The maximum absolute atomic E-state index is 12.1. The Morgan fingerprint density at radius 1 is 1.35 bits per heavy atom. The van der Waals surface area contributed by atoms with Crippen LogP contribution in [0.2, 0.25) is 0 Å². The molecular weight excluding hydrogens is 298 g/mol. The maximum atomic E-state index is 12.1. The smallest absolute Gasteiger partial charge is 0.185 e. The van der Waals surface area contributed by atoms with Gasteiger partial charge < -0.3 is 10.8 Å². The van der Waals surface area contributed by atoms with Gasteiger partial charge in [-0.15, -0.1) is 19.0 Å². The predicted octanol–water partition coefficient (Wildman–Crippen LogP) is 2.53. The van der Waals surface area contributed by atoms with Crippen LogP contribution >= 0.6 is 12.4 Å². The molecular formula is C14H22ClNO3S. The lowest BCUT2D eigenvalue weighted by molar-refractivity contribution is 0.450. The summed E-state index contributed by atoms with van der Waals surface area (Å²) >= 11 is 0. The number of phenols is 1. The molecule has 0 saturated carbocycles. The van der Waals surface area contributed by atoms with Crippen molar-refractivity contribution < 1.29 is 13.5 Å². The molecule has 0 spiro atoms. The first-order chi connectivity index (χ1) is 8.63. The lowest BCUT2D eigenvalue weighted by atomic mass is 9.86. The van der Waals surface area contributed by atoms with E-state index < -0.39 is 9.84 Å². The molecule has 0 heterocycles. The number of sulfone groups is 1. The van der Waals surface area contributed by atoms with E-state index in [2.05, 4.69) is 6.58 Å². The van der Waals surface area contributed by atoms with Gasteiger partial charge >= 0.3 is 0 Å². The largest absolute Gasteiger partial charge is 0.506 e. The molecule has 0 aromatic heterocycles. The zero-order chi connectivity index (χ0) is 14.8.